The number of anilines is 1. The first-order valence-electron chi connectivity index (χ1n) is 11.2. The molecule has 2 N–H and O–H groups in total. The smallest absolute Gasteiger partial charge is 0.313 e. The quantitative estimate of drug-likeness (QED) is 0.697. The lowest BCUT2D eigenvalue weighted by Gasteiger charge is -2.58. The van der Waals surface area contributed by atoms with Crippen molar-refractivity contribution in [3.05, 3.63) is 65.7 Å². The van der Waals surface area contributed by atoms with Crippen molar-refractivity contribution in [2.24, 2.45) is 17.3 Å². The van der Waals surface area contributed by atoms with Gasteiger partial charge in [0, 0.05) is 11.3 Å². The molecule has 5 nitrogen and oxygen atoms in total. The first-order chi connectivity index (χ1) is 14.8. The fraction of sp³-hybridized carbons (Fsp3) is 0.462. The van der Waals surface area contributed by atoms with Crippen LogP contribution in [-0.4, -0.2) is 22.6 Å². The van der Waals surface area contributed by atoms with Crippen LogP contribution in [0.1, 0.15) is 55.8 Å². The molecule has 5 heteroatoms. The third-order valence-electron chi connectivity index (χ3n) is 7.35. The molecule has 0 radical (unpaired) electrons. The number of rotatable bonds is 5. The number of esters is 1. The fourth-order valence-electron chi connectivity index (χ4n) is 6.43. The zero-order valence-electron chi connectivity index (χ0n) is 17.8. The number of carbonyl (C=O) groups excluding carboxylic acids is 2. The molecular formula is C26H29NO4. The number of benzene rings is 2. The molecule has 4 aliphatic carbocycles. The van der Waals surface area contributed by atoms with Gasteiger partial charge in [-0.05, 0) is 69.4 Å². The number of nitrogens with one attached hydrogen (secondary N) is 1. The average Bonchev–Trinajstić information content (AvgIpc) is 2.72. The Morgan fingerprint density at radius 2 is 1.65 bits per heavy atom. The van der Waals surface area contributed by atoms with Gasteiger partial charge in [-0.1, -0.05) is 48.0 Å². The number of carbonyl (C=O) groups is 2. The largest absolute Gasteiger partial charge is 0.447 e. The molecule has 2 aromatic carbocycles. The van der Waals surface area contributed by atoms with E-state index in [9.17, 15) is 14.7 Å². The van der Waals surface area contributed by atoms with Crippen LogP contribution in [0.25, 0.3) is 0 Å². The van der Waals surface area contributed by atoms with E-state index in [1.165, 1.54) is 0 Å². The molecule has 3 atom stereocenters. The highest BCUT2D eigenvalue weighted by Crippen LogP contribution is 2.62. The van der Waals surface area contributed by atoms with E-state index in [1.54, 1.807) is 12.1 Å². The molecule has 0 unspecified atom stereocenters. The number of hydrogen-bond donors (Lipinski definition) is 2. The number of hydrogen-bond acceptors (Lipinski definition) is 4. The Morgan fingerprint density at radius 1 is 1.00 bits per heavy atom. The number of aryl methyl sites for hydroxylation is 1. The lowest BCUT2D eigenvalue weighted by molar-refractivity contribution is -0.200. The van der Waals surface area contributed by atoms with Crippen LogP contribution in [0.4, 0.5) is 5.69 Å². The summed E-state index contributed by atoms with van der Waals surface area (Å²) >= 11 is 0. The Balaban J connectivity index is 1.39. The first-order valence-corrected chi connectivity index (χ1v) is 11.2. The molecule has 1 amide bonds. The lowest BCUT2D eigenvalue weighted by atomic mass is 9.48. The monoisotopic (exact) mass is 419 g/mol. The van der Waals surface area contributed by atoms with E-state index in [4.69, 9.17) is 4.74 Å². The van der Waals surface area contributed by atoms with Crippen LogP contribution in [0.3, 0.4) is 0 Å². The molecule has 0 saturated heterocycles. The molecule has 31 heavy (non-hydrogen) atoms. The molecule has 4 fully saturated rings. The van der Waals surface area contributed by atoms with Crippen molar-refractivity contribution >= 4 is 17.6 Å². The Hall–Kier alpha value is -2.66. The molecule has 0 aliphatic heterocycles. The van der Waals surface area contributed by atoms with Gasteiger partial charge in [0.1, 0.15) is 0 Å². The van der Waals surface area contributed by atoms with Crippen LogP contribution < -0.4 is 5.32 Å². The molecule has 0 spiro atoms. The predicted molar refractivity (Wildman–Crippen MR) is 117 cm³/mol. The predicted octanol–water partition coefficient (Wildman–Crippen LogP) is 4.55. The van der Waals surface area contributed by atoms with Gasteiger partial charge in [0.2, 0.25) is 6.10 Å². The van der Waals surface area contributed by atoms with Crippen molar-refractivity contribution in [3.8, 4) is 0 Å². The molecule has 2 aromatic rings. The lowest BCUT2D eigenvalue weighted by Crippen LogP contribution is -2.58. The van der Waals surface area contributed by atoms with Crippen molar-refractivity contribution in [2.45, 2.75) is 57.2 Å². The van der Waals surface area contributed by atoms with Crippen LogP contribution in [0.2, 0.25) is 0 Å². The molecule has 4 saturated carbocycles. The summed E-state index contributed by atoms with van der Waals surface area (Å²) in [6.45, 7) is 1.99. The molecule has 162 valence electrons. The van der Waals surface area contributed by atoms with E-state index in [2.05, 4.69) is 5.32 Å². The summed E-state index contributed by atoms with van der Waals surface area (Å²) in [5.41, 5.74) is 0.982. The van der Waals surface area contributed by atoms with E-state index in [-0.39, 0.29) is 11.9 Å². The molecule has 6 rings (SSSR count). The van der Waals surface area contributed by atoms with E-state index in [0.29, 0.717) is 29.5 Å². The molecule has 4 bridgehead atoms. The van der Waals surface area contributed by atoms with Gasteiger partial charge in [-0.25, -0.2) is 0 Å². The average molecular weight is 420 g/mol. The maximum Gasteiger partial charge on any atom is 0.313 e. The van der Waals surface area contributed by atoms with Crippen LogP contribution in [0.15, 0.2) is 54.6 Å². The summed E-state index contributed by atoms with van der Waals surface area (Å²) in [6.07, 6.45) is 3.60. The second-order valence-electron chi connectivity index (χ2n) is 10.0. The summed E-state index contributed by atoms with van der Waals surface area (Å²) in [6, 6.07) is 16.7. The number of ether oxygens (including phenoxy) is 1. The van der Waals surface area contributed by atoms with Gasteiger partial charge in [0.25, 0.3) is 5.91 Å². The van der Waals surface area contributed by atoms with Gasteiger partial charge in [0.05, 0.1) is 11.0 Å². The minimum absolute atomic E-state index is 0.340. The summed E-state index contributed by atoms with van der Waals surface area (Å²) < 4.78 is 5.96. The van der Waals surface area contributed by atoms with Gasteiger partial charge in [0.15, 0.2) is 0 Å². The Labute approximate surface area is 182 Å². The van der Waals surface area contributed by atoms with Crippen molar-refractivity contribution in [1.82, 2.24) is 0 Å². The fourth-order valence-corrected chi connectivity index (χ4v) is 6.43. The van der Waals surface area contributed by atoms with Gasteiger partial charge < -0.3 is 15.2 Å². The zero-order valence-corrected chi connectivity index (χ0v) is 17.8. The third kappa shape index (κ3) is 3.87. The third-order valence-corrected chi connectivity index (χ3v) is 7.35. The Morgan fingerprint density at radius 3 is 2.26 bits per heavy atom. The van der Waals surface area contributed by atoms with Crippen molar-refractivity contribution in [2.75, 3.05) is 5.32 Å². The maximum atomic E-state index is 13.5. The van der Waals surface area contributed by atoms with E-state index < -0.39 is 17.1 Å². The van der Waals surface area contributed by atoms with Crippen molar-refractivity contribution in [1.29, 1.82) is 0 Å². The highest BCUT2D eigenvalue weighted by molar-refractivity contribution is 5.96. The SMILES string of the molecule is Cc1ccc(NC(=O)[C@H](OC(=O)C23C[C@H]4C[C@@H](CC(O)(C4)C2)C3)c2ccccc2)cc1. The van der Waals surface area contributed by atoms with E-state index >= 15 is 0 Å². The normalized spacial score (nSPS) is 31.8. The van der Waals surface area contributed by atoms with Gasteiger partial charge >= 0.3 is 5.97 Å². The van der Waals surface area contributed by atoms with Gasteiger partial charge in [-0.15, -0.1) is 0 Å². The zero-order chi connectivity index (χ0) is 21.6. The highest BCUT2D eigenvalue weighted by Gasteiger charge is 2.61. The van der Waals surface area contributed by atoms with Crippen molar-refractivity contribution < 1.29 is 19.4 Å². The summed E-state index contributed by atoms with van der Waals surface area (Å²) in [5.74, 6) is 0.0329. The standard InChI is InChI=1S/C26H29NO4/c1-17-7-9-21(10-8-17)27-23(28)22(20-5-3-2-4-6-20)31-24(29)25-12-18-11-19(13-25)15-26(30,14-18)16-25/h2-10,18-19,22,30H,11-16H2,1H3,(H,27,28)/t18-,19-,22-,25?,26?/m1/s1. The van der Waals surface area contributed by atoms with Crippen LogP contribution in [-0.2, 0) is 14.3 Å². The Bertz CT molecular complexity index is 970. The molecule has 4 aliphatic rings. The highest BCUT2D eigenvalue weighted by atomic mass is 16.5. The first kappa shape index (κ1) is 20.3. The summed E-state index contributed by atoms with van der Waals surface area (Å²) in [4.78, 5) is 26.7. The summed E-state index contributed by atoms with van der Waals surface area (Å²) in [7, 11) is 0. The molecule has 0 heterocycles. The minimum Gasteiger partial charge on any atom is -0.447 e. The van der Waals surface area contributed by atoms with Crippen LogP contribution >= 0.6 is 0 Å². The topological polar surface area (TPSA) is 75.6 Å². The molecule has 0 aromatic heterocycles. The summed E-state index contributed by atoms with van der Waals surface area (Å²) in [5, 5.41) is 13.9. The number of aliphatic hydroxyl groups is 1. The van der Waals surface area contributed by atoms with Gasteiger partial charge in [-0.3, -0.25) is 9.59 Å². The van der Waals surface area contributed by atoms with E-state index in [1.807, 2.05) is 49.4 Å². The Kier molecular flexibility index (Phi) is 4.89. The molecular weight excluding hydrogens is 390 g/mol. The second-order valence-corrected chi connectivity index (χ2v) is 10.0. The van der Waals surface area contributed by atoms with Crippen molar-refractivity contribution in [3.63, 3.8) is 0 Å². The van der Waals surface area contributed by atoms with Crippen LogP contribution in [0, 0.1) is 24.2 Å². The maximum absolute atomic E-state index is 13.5. The number of amides is 1. The van der Waals surface area contributed by atoms with Gasteiger partial charge in [-0.2, -0.15) is 0 Å². The minimum atomic E-state index is -1.03. The van der Waals surface area contributed by atoms with E-state index in [0.717, 1.165) is 37.7 Å². The second kappa shape index (κ2) is 7.49. The van der Waals surface area contributed by atoms with Crippen LogP contribution in [0.5, 0.6) is 0 Å².